The van der Waals surface area contributed by atoms with Crippen LogP contribution in [0.1, 0.15) is 50.0 Å². The van der Waals surface area contributed by atoms with Crippen LogP contribution in [0.5, 0.6) is 5.75 Å². The van der Waals surface area contributed by atoms with Gasteiger partial charge in [0.05, 0.1) is 17.9 Å². The molecule has 6 nitrogen and oxygen atoms in total. The summed E-state index contributed by atoms with van der Waals surface area (Å²) in [5.74, 6) is -0.503. The highest BCUT2D eigenvalue weighted by molar-refractivity contribution is 5.89. The Morgan fingerprint density at radius 1 is 1.02 bits per heavy atom. The van der Waals surface area contributed by atoms with Gasteiger partial charge in [-0.05, 0) is 87.1 Å². The number of aryl methyl sites for hydroxylation is 2. The molecule has 1 aliphatic rings. The SMILES string of the molecule is Cc1cn2cc(-c3cccc(-c4ccccc4F)c3)nc2c(-c2ccc3c(c2)CCCO3)c1[C@@H](OC(C)(C)C)C(=O)O. The fraction of sp³-hybridized carbons (Fsp3) is 0.257. The molecule has 0 aliphatic carbocycles. The smallest absolute Gasteiger partial charge is 0.337 e. The number of hydrogen-bond donors (Lipinski definition) is 1. The molecule has 5 aromatic rings. The zero-order chi connectivity index (χ0) is 29.6. The van der Waals surface area contributed by atoms with Gasteiger partial charge in [-0.3, -0.25) is 0 Å². The summed E-state index contributed by atoms with van der Waals surface area (Å²) >= 11 is 0. The van der Waals surface area contributed by atoms with Gasteiger partial charge in [0.2, 0.25) is 0 Å². The molecule has 3 aromatic carbocycles. The van der Waals surface area contributed by atoms with Crippen LogP contribution in [0.15, 0.2) is 79.1 Å². The summed E-state index contributed by atoms with van der Waals surface area (Å²) in [6.45, 7) is 8.14. The topological polar surface area (TPSA) is 73.1 Å². The van der Waals surface area contributed by atoms with E-state index in [-0.39, 0.29) is 5.82 Å². The molecule has 0 radical (unpaired) electrons. The van der Waals surface area contributed by atoms with E-state index in [9.17, 15) is 14.3 Å². The zero-order valence-electron chi connectivity index (χ0n) is 24.1. The van der Waals surface area contributed by atoms with Gasteiger partial charge >= 0.3 is 5.97 Å². The molecule has 1 aliphatic heterocycles. The van der Waals surface area contributed by atoms with Gasteiger partial charge in [0, 0.05) is 34.6 Å². The predicted molar refractivity (Wildman–Crippen MR) is 161 cm³/mol. The lowest BCUT2D eigenvalue weighted by Crippen LogP contribution is -2.28. The highest BCUT2D eigenvalue weighted by Gasteiger charge is 2.32. The van der Waals surface area contributed by atoms with Crippen LogP contribution in [0, 0.1) is 12.7 Å². The Bertz CT molecular complexity index is 1820. The number of carboxylic acid groups (broad SMARTS) is 1. The van der Waals surface area contributed by atoms with Crippen LogP contribution in [0.3, 0.4) is 0 Å². The summed E-state index contributed by atoms with van der Waals surface area (Å²) in [7, 11) is 0. The summed E-state index contributed by atoms with van der Waals surface area (Å²) in [5, 5.41) is 10.4. The lowest BCUT2D eigenvalue weighted by atomic mass is 9.91. The number of halogens is 1. The minimum Gasteiger partial charge on any atom is -0.493 e. The molecular formula is C35H33FN2O4. The summed E-state index contributed by atoms with van der Waals surface area (Å²) < 4.78 is 28.6. The Morgan fingerprint density at radius 3 is 2.57 bits per heavy atom. The number of hydrogen-bond acceptors (Lipinski definition) is 4. The van der Waals surface area contributed by atoms with E-state index in [0.29, 0.717) is 34.6 Å². The molecule has 1 atom stereocenters. The van der Waals surface area contributed by atoms with Crippen LogP contribution in [-0.2, 0) is 16.0 Å². The van der Waals surface area contributed by atoms with Crippen molar-refractivity contribution < 1.29 is 23.8 Å². The molecule has 3 heterocycles. The van der Waals surface area contributed by atoms with Crippen LogP contribution < -0.4 is 4.74 Å². The molecule has 7 heteroatoms. The third-order valence-electron chi connectivity index (χ3n) is 7.48. The number of nitrogens with zero attached hydrogens (tertiary/aromatic N) is 2. The van der Waals surface area contributed by atoms with E-state index in [4.69, 9.17) is 14.5 Å². The van der Waals surface area contributed by atoms with Crippen molar-refractivity contribution in [3.05, 3.63) is 102 Å². The summed E-state index contributed by atoms with van der Waals surface area (Å²) in [6, 6.07) is 20.3. The Morgan fingerprint density at radius 2 is 1.81 bits per heavy atom. The first-order valence-corrected chi connectivity index (χ1v) is 14.1. The minimum atomic E-state index is -1.21. The second kappa shape index (κ2) is 10.7. The number of carbonyl (C=O) groups is 1. The van der Waals surface area contributed by atoms with E-state index in [0.717, 1.165) is 46.4 Å². The number of aromatic nitrogens is 2. The Labute approximate surface area is 244 Å². The fourth-order valence-electron chi connectivity index (χ4n) is 5.68. The first-order valence-electron chi connectivity index (χ1n) is 14.1. The first kappa shape index (κ1) is 27.7. The molecule has 0 saturated heterocycles. The summed E-state index contributed by atoms with van der Waals surface area (Å²) in [6.07, 6.45) is 4.42. The average molecular weight is 565 g/mol. The van der Waals surface area contributed by atoms with E-state index in [1.165, 1.54) is 6.07 Å². The van der Waals surface area contributed by atoms with Crippen molar-refractivity contribution in [2.75, 3.05) is 6.61 Å². The highest BCUT2D eigenvalue weighted by Crippen LogP contribution is 2.41. The Kier molecular flexibility index (Phi) is 7.07. The molecule has 42 heavy (non-hydrogen) atoms. The standard InChI is InChI=1S/C35H33FN2O4/c1-21-19-38-20-28(23-10-7-9-22(17-23)26-12-5-6-13-27(26)36)37-33(38)31(30(21)32(34(39)40)42-35(2,3)4)25-14-15-29-24(18-25)11-8-16-41-29/h5-7,9-10,12-15,17-20,32H,8,11,16H2,1-4H3,(H,39,40)/t32-/m1/s1. The predicted octanol–water partition coefficient (Wildman–Crippen LogP) is 8.05. The van der Waals surface area contributed by atoms with E-state index in [2.05, 4.69) is 6.07 Å². The lowest BCUT2D eigenvalue weighted by molar-refractivity contribution is -0.160. The molecular weight excluding hydrogens is 531 g/mol. The average Bonchev–Trinajstić information content (AvgIpc) is 3.38. The van der Waals surface area contributed by atoms with Gasteiger partial charge in [-0.15, -0.1) is 0 Å². The third kappa shape index (κ3) is 5.28. The van der Waals surface area contributed by atoms with Crippen molar-refractivity contribution >= 4 is 11.6 Å². The van der Waals surface area contributed by atoms with Crippen LogP contribution in [0.25, 0.3) is 39.2 Å². The summed E-state index contributed by atoms with van der Waals surface area (Å²) in [5.41, 5.74) is 6.67. The molecule has 0 saturated carbocycles. The van der Waals surface area contributed by atoms with Crippen molar-refractivity contribution in [2.24, 2.45) is 0 Å². The molecule has 0 bridgehead atoms. The highest BCUT2D eigenvalue weighted by atomic mass is 19.1. The normalized spacial score (nSPS) is 13.9. The maximum atomic E-state index is 14.6. The van der Waals surface area contributed by atoms with Crippen molar-refractivity contribution in [1.29, 1.82) is 0 Å². The third-order valence-corrected chi connectivity index (χ3v) is 7.48. The number of ether oxygens (including phenoxy) is 2. The second-order valence-electron chi connectivity index (χ2n) is 11.7. The van der Waals surface area contributed by atoms with Gasteiger partial charge in [-0.1, -0.05) is 42.5 Å². The Hall–Kier alpha value is -4.49. The number of aliphatic carboxylic acids is 1. The monoisotopic (exact) mass is 564 g/mol. The molecule has 0 fully saturated rings. The number of carboxylic acids is 1. The van der Waals surface area contributed by atoms with Gasteiger partial charge in [0.25, 0.3) is 0 Å². The van der Waals surface area contributed by atoms with Gasteiger partial charge in [-0.2, -0.15) is 0 Å². The number of pyridine rings is 1. The molecule has 6 rings (SSSR count). The number of fused-ring (bicyclic) bond motifs is 2. The molecule has 0 unspecified atom stereocenters. The maximum Gasteiger partial charge on any atom is 0.337 e. The maximum absolute atomic E-state index is 14.6. The summed E-state index contributed by atoms with van der Waals surface area (Å²) in [4.78, 5) is 17.8. The molecule has 214 valence electrons. The van der Waals surface area contributed by atoms with Gasteiger partial charge in [0.1, 0.15) is 17.2 Å². The molecule has 2 aromatic heterocycles. The minimum absolute atomic E-state index is 0.290. The number of imidazole rings is 1. The number of benzene rings is 3. The molecule has 0 spiro atoms. The van der Waals surface area contributed by atoms with Crippen LogP contribution >= 0.6 is 0 Å². The molecule has 1 N–H and O–H groups in total. The van der Waals surface area contributed by atoms with Crippen molar-refractivity contribution in [3.63, 3.8) is 0 Å². The second-order valence-corrected chi connectivity index (χ2v) is 11.7. The van der Waals surface area contributed by atoms with Crippen molar-refractivity contribution in [3.8, 4) is 39.3 Å². The van der Waals surface area contributed by atoms with Crippen molar-refractivity contribution in [2.45, 2.75) is 52.2 Å². The van der Waals surface area contributed by atoms with E-state index in [1.54, 1.807) is 12.1 Å². The van der Waals surface area contributed by atoms with Crippen LogP contribution in [-0.4, -0.2) is 32.7 Å². The zero-order valence-corrected chi connectivity index (χ0v) is 24.1. The fourth-order valence-corrected chi connectivity index (χ4v) is 5.68. The quantitative estimate of drug-likeness (QED) is 0.226. The van der Waals surface area contributed by atoms with Gasteiger partial charge in [0.15, 0.2) is 6.10 Å². The van der Waals surface area contributed by atoms with E-state index >= 15 is 0 Å². The van der Waals surface area contributed by atoms with E-state index < -0.39 is 17.7 Å². The van der Waals surface area contributed by atoms with Gasteiger partial charge < -0.3 is 19.0 Å². The van der Waals surface area contributed by atoms with Crippen LogP contribution in [0.4, 0.5) is 4.39 Å². The first-order chi connectivity index (χ1) is 20.1. The van der Waals surface area contributed by atoms with Crippen molar-refractivity contribution in [1.82, 2.24) is 9.38 Å². The van der Waals surface area contributed by atoms with E-state index in [1.807, 2.05) is 87.0 Å². The van der Waals surface area contributed by atoms with Gasteiger partial charge in [-0.25, -0.2) is 14.2 Å². The lowest BCUT2D eigenvalue weighted by Gasteiger charge is -2.28. The Balaban J connectivity index is 1.58. The number of rotatable bonds is 6. The van der Waals surface area contributed by atoms with Crippen LogP contribution in [0.2, 0.25) is 0 Å². The largest absolute Gasteiger partial charge is 0.493 e. The molecule has 0 amide bonds.